The minimum absolute atomic E-state index is 0. The van der Waals surface area contributed by atoms with Crippen LogP contribution in [0, 0.1) is 12.8 Å². The molecule has 0 radical (unpaired) electrons. The van der Waals surface area contributed by atoms with E-state index in [1.807, 2.05) is 29.8 Å². The van der Waals surface area contributed by atoms with Crippen molar-refractivity contribution in [2.45, 2.75) is 13.3 Å². The highest BCUT2D eigenvalue weighted by molar-refractivity contribution is 5.94. The van der Waals surface area contributed by atoms with E-state index in [0.29, 0.717) is 11.5 Å². The first-order chi connectivity index (χ1) is 9.75. The molecule has 3 heterocycles. The summed E-state index contributed by atoms with van der Waals surface area (Å²) in [4.78, 5) is 20.8. The van der Waals surface area contributed by atoms with E-state index < -0.39 is 0 Å². The van der Waals surface area contributed by atoms with Crippen molar-refractivity contribution in [2.24, 2.45) is 5.92 Å². The largest absolute Gasteiger partial charge is 0.323 e. The zero-order chi connectivity index (χ0) is 13.9. The molecule has 3 rings (SSSR count). The molecular weight excluding hydrogens is 325 g/mol. The van der Waals surface area contributed by atoms with Gasteiger partial charge < -0.3 is 10.6 Å². The van der Waals surface area contributed by atoms with Crippen LogP contribution in [0.1, 0.15) is 12.2 Å². The minimum Gasteiger partial charge on any atom is -0.323 e. The lowest BCUT2D eigenvalue weighted by Gasteiger charge is -2.14. The lowest BCUT2D eigenvalue weighted by molar-refractivity contribution is -0.119. The molecule has 0 aromatic carbocycles. The number of amides is 1. The van der Waals surface area contributed by atoms with E-state index in [-0.39, 0.29) is 36.6 Å². The molecule has 0 spiro atoms. The van der Waals surface area contributed by atoms with E-state index in [0.717, 1.165) is 25.3 Å². The lowest BCUT2D eigenvalue weighted by Crippen LogP contribution is -2.25. The van der Waals surface area contributed by atoms with Crippen LogP contribution in [-0.4, -0.2) is 33.5 Å². The highest BCUT2D eigenvalue weighted by Gasteiger charge is 2.23. The Bertz CT molecular complexity index is 625. The van der Waals surface area contributed by atoms with E-state index in [4.69, 9.17) is 0 Å². The second kappa shape index (κ2) is 8.12. The Morgan fingerprint density at radius 1 is 1.36 bits per heavy atom. The smallest absolute Gasteiger partial charge is 0.228 e. The summed E-state index contributed by atoms with van der Waals surface area (Å²) in [5.41, 5.74) is 0.713. The summed E-state index contributed by atoms with van der Waals surface area (Å²) < 4.78 is 1.86. The fourth-order valence-corrected chi connectivity index (χ4v) is 2.40. The van der Waals surface area contributed by atoms with Gasteiger partial charge >= 0.3 is 0 Å². The predicted octanol–water partition coefficient (Wildman–Crippen LogP) is 1.97. The van der Waals surface area contributed by atoms with Crippen LogP contribution in [0.15, 0.2) is 30.7 Å². The minimum atomic E-state index is 0. The molecule has 1 aliphatic rings. The summed E-state index contributed by atoms with van der Waals surface area (Å²) in [5, 5.41) is 6.18. The second-order valence-electron chi connectivity index (χ2n) is 4.90. The van der Waals surface area contributed by atoms with Crippen molar-refractivity contribution in [3.05, 3.63) is 36.5 Å². The van der Waals surface area contributed by atoms with E-state index in [1.165, 1.54) is 0 Å². The molecule has 1 amide bonds. The Morgan fingerprint density at radius 3 is 2.82 bits per heavy atom. The third-order valence-corrected chi connectivity index (χ3v) is 3.53. The molecule has 2 N–H and O–H groups in total. The molecule has 1 aliphatic heterocycles. The molecule has 120 valence electrons. The SMILES string of the molecule is Cc1nccn1-c1ncccc1NC(=O)C1CCNC1.Cl.Cl. The highest BCUT2D eigenvalue weighted by Crippen LogP contribution is 2.20. The number of aryl methyl sites for hydroxylation is 1. The molecular formula is C14H19Cl2N5O. The zero-order valence-electron chi connectivity index (χ0n) is 12.2. The lowest BCUT2D eigenvalue weighted by atomic mass is 10.1. The first kappa shape index (κ1) is 18.4. The number of nitrogens with zero attached hydrogens (tertiary/aromatic N) is 3. The molecule has 1 saturated heterocycles. The maximum atomic E-state index is 12.2. The molecule has 22 heavy (non-hydrogen) atoms. The average molecular weight is 344 g/mol. The van der Waals surface area contributed by atoms with Gasteiger partial charge in [-0.15, -0.1) is 24.8 Å². The van der Waals surface area contributed by atoms with Crippen LogP contribution < -0.4 is 10.6 Å². The van der Waals surface area contributed by atoms with Gasteiger partial charge in [-0.05, 0) is 32.0 Å². The number of nitrogens with one attached hydrogen (secondary N) is 2. The van der Waals surface area contributed by atoms with Gasteiger partial charge in [0.1, 0.15) is 5.82 Å². The van der Waals surface area contributed by atoms with E-state index >= 15 is 0 Å². The van der Waals surface area contributed by atoms with Gasteiger partial charge in [0.2, 0.25) is 5.91 Å². The van der Waals surface area contributed by atoms with Gasteiger partial charge in [0.25, 0.3) is 0 Å². The summed E-state index contributed by atoms with van der Waals surface area (Å²) in [6.45, 7) is 3.55. The summed E-state index contributed by atoms with van der Waals surface area (Å²) >= 11 is 0. The molecule has 0 aliphatic carbocycles. The number of carbonyl (C=O) groups is 1. The molecule has 1 fully saturated rings. The fraction of sp³-hybridized carbons (Fsp3) is 0.357. The Morgan fingerprint density at radius 2 is 2.18 bits per heavy atom. The second-order valence-corrected chi connectivity index (χ2v) is 4.90. The molecule has 8 heteroatoms. The maximum Gasteiger partial charge on any atom is 0.228 e. The van der Waals surface area contributed by atoms with Crippen molar-refractivity contribution in [1.29, 1.82) is 0 Å². The number of aromatic nitrogens is 3. The Labute approximate surface area is 141 Å². The van der Waals surface area contributed by atoms with Crippen molar-refractivity contribution in [3.8, 4) is 5.82 Å². The van der Waals surface area contributed by atoms with Gasteiger partial charge in [-0.2, -0.15) is 0 Å². The van der Waals surface area contributed by atoms with Crippen molar-refractivity contribution in [2.75, 3.05) is 18.4 Å². The monoisotopic (exact) mass is 343 g/mol. The van der Waals surface area contributed by atoms with Crippen LogP contribution in [0.4, 0.5) is 5.69 Å². The van der Waals surface area contributed by atoms with Crippen molar-refractivity contribution in [3.63, 3.8) is 0 Å². The normalized spacial score (nSPS) is 16.5. The van der Waals surface area contributed by atoms with Gasteiger partial charge in [0.15, 0.2) is 5.82 Å². The third kappa shape index (κ3) is 3.76. The van der Waals surface area contributed by atoms with E-state index in [1.54, 1.807) is 12.4 Å². The van der Waals surface area contributed by atoms with E-state index in [9.17, 15) is 4.79 Å². The Hall–Kier alpha value is -1.63. The molecule has 6 nitrogen and oxygen atoms in total. The molecule has 1 unspecified atom stereocenters. The number of halogens is 2. The number of hydrogen-bond donors (Lipinski definition) is 2. The number of pyridine rings is 1. The zero-order valence-corrected chi connectivity index (χ0v) is 13.8. The van der Waals surface area contributed by atoms with Crippen LogP contribution in [0.3, 0.4) is 0 Å². The van der Waals surface area contributed by atoms with Crippen LogP contribution in [0.5, 0.6) is 0 Å². The van der Waals surface area contributed by atoms with Crippen LogP contribution in [-0.2, 0) is 4.79 Å². The van der Waals surface area contributed by atoms with Gasteiger partial charge in [-0.25, -0.2) is 9.97 Å². The van der Waals surface area contributed by atoms with Crippen molar-refractivity contribution >= 4 is 36.4 Å². The third-order valence-electron chi connectivity index (χ3n) is 3.53. The number of anilines is 1. The van der Waals surface area contributed by atoms with Gasteiger partial charge in [-0.3, -0.25) is 9.36 Å². The average Bonchev–Trinajstić information content (AvgIpc) is 3.10. The summed E-state index contributed by atoms with van der Waals surface area (Å²) in [5.74, 6) is 1.61. The van der Waals surface area contributed by atoms with E-state index in [2.05, 4.69) is 20.6 Å². The van der Waals surface area contributed by atoms with Gasteiger partial charge in [0.05, 0.1) is 11.6 Å². The molecule has 0 saturated carbocycles. The maximum absolute atomic E-state index is 12.2. The first-order valence-corrected chi connectivity index (χ1v) is 6.72. The topological polar surface area (TPSA) is 71.8 Å². The van der Waals surface area contributed by atoms with Crippen molar-refractivity contribution < 1.29 is 4.79 Å². The summed E-state index contributed by atoms with van der Waals surface area (Å²) in [7, 11) is 0. The standard InChI is InChI=1S/C14H17N5O.2ClH/c1-10-16-7-8-19(10)13-12(3-2-5-17-13)18-14(20)11-4-6-15-9-11;;/h2-3,5,7-8,11,15H,4,6,9H2,1H3,(H,18,20);2*1H. The van der Waals surface area contributed by atoms with Crippen LogP contribution in [0.2, 0.25) is 0 Å². The van der Waals surface area contributed by atoms with Gasteiger partial charge in [0, 0.05) is 25.1 Å². The molecule has 1 atom stereocenters. The quantitative estimate of drug-likeness (QED) is 0.893. The first-order valence-electron chi connectivity index (χ1n) is 6.72. The fourth-order valence-electron chi connectivity index (χ4n) is 2.40. The number of hydrogen-bond acceptors (Lipinski definition) is 4. The molecule has 2 aromatic heterocycles. The Kier molecular flexibility index (Phi) is 6.80. The number of carbonyl (C=O) groups excluding carboxylic acids is 1. The number of imidazole rings is 1. The summed E-state index contributed by atoms with van der Waals surface area (Å²) in [6, 6.07) is 3.68. The predicted molar refractivity (Wildman–Crippen MR) is 90.2 cm³/mol. The molecule has 2 aromatic rings. The van der Waals surface area contributed by atoms with Crippen molar-refractivity contribution in [1.82, 2.24) is 19.9 Å². The van der Waals surface area contributed by atoms with Gasteiger partial charge in [-0.1, -0.05) is 0 Å². The molecule has 0 bridgehead atoms. The summed E-state index contributed by atoms with van der Waals surface area (Å²) in [6.07, 6.45) is 6.15. The van der Waals surface area contributed by atoms with Crippen LogP contribution in [0.25, 0.3) is 5.82 Å². The Balaban J connectivity index is 0.00000121. The number of rotatable bonds is 3. The van der Waals surface area contributed by atoms with Crippen LogP contribution >= 0.6 is 24.8 Å². The highest BCUT2D eigenvalue weighted by atomic mass is 35.5.